The molecule has 0 spiro atoms. The van der Waals surface area contributed by atoms with Gasteiger partial charge in [-0.1, -0.05) is 6.08 Å². The standard InChI is InChI=1S/C12H17FN2O2S/c1-4-5-6-15-18(16,17)12-8(2)7-10(13)11(14)9(12)3/h4,7,15H,1,5-6,14H2,2-3H3. The molecule has 0 aliphatic rings. The van der Waals surface area contributed by atoms with Crippen LogP contribution in [0, 0.1) is 19.7 Å². The Balaban J connectivity index is 3.24. The Morgan fingerprint density at radius 2 is 2.11 bits per heavy atom. The van der Waals surface area contributed by atoms with Gasteiger partial charge in [0.05, 0.1) is 10.6 Å². The number of aryl methyl sites for hydroxylation is 1. The number of nitrogens with two attached hydrogens (primary N) is 1. The molecule has 0 atom stereocenters. The van der Waals surface area contributed by atoms with Gasteiger partial charge in [0.25, 0.3) is 0 Å². The summed E-state index contributed by atoms with van der Waals surface area (Å²) < 4.78 is 40.0. The maximum atomic E-state index is 13.4. The van der Waals surface area contributed by atoms with Gasteiger partial charge in [-0.25, -0.2) is 17.5 Å². The monoisotopic (exact) mass is 272 g/mol. The minimum absolute atomic E-state index is 0.0467. The molecule has 0 saturated carbocycles. The van der Waals surface area contributed by atoms with E-state index in [0.717, 1.165) is 6.07 Å². The van der Waals surface area contributed by atoms with Crippen molar-refractivity contribution in [2.75, 3.05) is 12.3 Å². The van der Waals surface area contributed by atoms with Crippen molar-refractivity contribution in [2.24, 2.45) is 0 Å². The van der Waals surface area contributed by atoms with E-state index in [1.807, 2.05) is 0 Å². The van der Waals surface area contributed by atoms with Crippen LogP contribution in [0.4, 0.5) is 10.1 Å². The first-order valence-electron chi connectivity index (χ1n) is 5.47. The molecule has 1 rings (SSSR count). The van der Waals surface area contributed by atoms with E-state index in [2.05, 4.69) is 11.3 Å². The van der Waals surface area contributed by atoms with Crippen LogP contribution in [0.15, 0.2) is 23.6 Å². The second kappa shape index (κ2) is 5.49. The highest BCUT2D eigenvalue weighted by atomic mass is 32.2. The van der Waals surface area contributed by atoms with Crippen LogP contribution in [0.25, 0.3) is 0 Å². The van der Waals surface area contributed by atoms with Crippen LogP contribution >= 0.6 is 0 Å². The molecule has 1 aromatic carbocycles. The number of nitrogens with one attached hydrogen (secondary N) is 1. The van der Waals surface area contributed by atoms with Crippen LogP contribution < -0.4 is 10.5 Å². The van der Waals surface area contributed by atoms with E-state index in [1.165, 1.54) is 13.8 Å². The van der Waals surface area contributed by atoms with E-state index in [0.29, 0.717) is 12.0 Å². The van der Waals surface area contributed by atoms with E-state index < -0.39 is 15.8 Å². The Morgan fingerprint density at radius 1 is 1.50 bits per heavy atom. The first-order chi connectivity index (χ1) is 8.31. The summed E-state index contributed by atoms with van der Waals surface area (Å²) in [4.78, 5) is 0.0467. The fourth-order valence-electron chi connectivity index (χ4n) is 1.71. The summed E-state index contributed by atoms with van der Waals surface area (Å²) in [7, 11) is -3.68. The average molecular weight is 272 g/mol. The molecule has 1 aromatic rings. The molecular weight excluding hydrogens is 255 g/mol. The van der Waals surface area contributed by atoms with Crippen LogP contribution in [0.3, 0.4) is 0 Å². The van der Waals surface area contributed by atoms with Crippen molar-refractivity contribution in [3.05, 3.63) is 35.7 Å². The van der Waals surface area contributed by atoms with Gasteiger partial charge in [-0.05, 0) is 37.5 Å². The van der Waals surface area contributed by atoms with E-state index >= 15 is 0 Å². The molecule has 0 amide bonds. The van der Waals surface area contributed by atoms with E-state index in [4.69, 9.17) is 5.73 Å². The Kier molecular flexibility index (Phi) is 4.48. The molecule has 0 heterocycles. The maximum Gasteiger partial charge on any atom is 0.241 e. The zero-order valence-electron chi connectivity index (χ0n) is 10.5. The fraction of sp³-hybridized carbons (Fsp3) is 0.333. The quantitative estimate of drug-likeness (QED) is 0.488. The summed E-state index contributed by atoms with van der Waals surface area (Å²) in [6, 6.07) is 1.13. The number of halogens is 1. The van der Waals surface area contributed by atoms with Crippen molar-refractivity contribution in [1.29, 1.82) is 0 Å². The molecule has 0 radical (unpaired) electrons. The van der Waals surface area contributed by atoms with Crippen molar-refractivity contribution < 1.29 is 12.8 Å². The predicted molar refractivity (Wildman–Crippen MR) is 70.3 cm³/mol. The molecule has 4 nitrogen and oxygen atoms in total. The van der Waals surface area contributed by atoms with Crippen molar-refractivity contribution in [1.82, 2.24) is 4.72 Å². The second-order valence-electron chi connectivity index (χ2n) is 4.02. The third-order valence-corrected chi connectivity index (χ3v) is 4.36. The van der Waals surface area contributed by atoms with Gasteiger partial charge in [-0.2, -0.15) is 0 Å². The number of nitrogen functional groups attached to an aromatic ring is 1. The van der Waals surface area contributed by atoms with Crippen LogP contribution in [-0.2, 0) is 10.0 Å². The van der Waals surface area contributed by atoms with Crippen LogP contribution in [0.2, 0.25) is 0 Å². The topological polar surface area (TPSA) is 72.2 Å². The highest BCUT2D eigenvalue weighted by Crippen LogP contribution is 2.27. The lowest BCUT2D eigenvalue weighted by Crippen LogP contribution is -2.26. The first-order valence-corrected chi connectivity index (χ1v) is 6.95. The van der Waals surface area contributed by atoms with E-state index in [9.17, 15) is 12.8 Å². The highest BCUT2D eigenvalue weighted by Gasteiger charge is 2.22. The molecule has 0 unspecified atom stereocenters. The Hall–Kier alpha value is -1.40. The highest BCUT2D eigenvalue weighted by molar-refractivity contribution is 7.89. The minimum atomic E-state index is -3.68. The molecule has 6 heteroatoms. The van der Waals surface area contributed by atoms with Gasteiger partial charge in [-0.15, -0.1) is 6.58 Å². The van der Waals surface area contributed by atoms with Crippen molar-refractivity contribution in [3.63, 3.8) is 0 Å². The predicted octanol–water partition coefficient (Wildman–Crippen LogP) is 1.88. The molecule has 0 saturated heterocycles. The number of rotatable bonds is 5. The number of hydrogen-bond acceptors (Lipinski definition) is 3. The lowest BCUT2D eigenvalue weighted by molar-refractivity contribution is 0.579. The van der Waals surface area contributed by atoms with E-state index in [-0.39, 0.29) is 22.7 Å². The number of benzene rings is 1. The lowest BCUT2D eigenvalue weighted by Gasteiger charge is -2.14. The van der Waals surface area contributed by atoms with Gasteiger partial charge in [0.1, 0.15) is 5.82 Å². The summed E-state index contributed by atoms with van der Waals surface area (Å²) in [6.45, 7) is 6.79. The summed E-state index contributed by atoms with van der Waals surface area (Å²) in [5.74, 6) is -0.602. The summed E-state index contributed by atoms with van der Waals surface area (Å²) in [6.07, 6.45) is 2.13. The smallest absolute Gasteiger partial charge is 0.241 e. The Labute approximate surface area is 107 Å². The van der Waals surface area contributed by atoms with Crippen LogP contribution in [0.5, 0.6) is 0 Å². The summed E-state index contributed by atoms with van der Waals surface area (Å²) >= 11 is 0. The van der Waals surface area contributed by atoms with Crippen molar-refractivity contribution >= 4 is 15.7 Å². The molecule has 0 aromatic heterocycles. The molecule has 0 aliphatic carbocycles. The van der Waals surface area contributed by atoms with Gasteiger partial charge in [0.2, 0.25) is 10.0 Å². The van der Waals surface area contributed by atoms with Crippen molar-refractivity contribution in [3.8, 4) is 0 Å². The van der Waals surface area contributed by atoms with Gasteiger partial charge in [0.15, 0.2) is 0 Å². The van der Waals surface area contributed by atoms with E-state index in [1.54, 1.807) is 6.08 Å². The third kappa shape index (κ3) is 2.88. The SMILES string of the molecule is C=CCCNS(=O)(=O)c1c(C)cc(F)c(N)c1C. The molecule has 0 aliphatic heterocycles. The second-order valence-corrected chi connectivity index (χ2v) is 5.72. The normalized spacial score (nSPS) is 11.5. The fourth-order valence-corrected chi connectivity index (χ4v) is 3.24. The van der Waals surface area contributed by atoms with Crippen molar-refractivity contribution in [2.45, 2.75) is 25.2 Å². The minimum Gasteiger partial charge on any atom is -0.396 e. The molecule has 18 heavy (non-hydrogen) atoms. The summed E-state index contributed by atoms with van der Waals surface area (Å²) in [5, 5.41) is 0. The molecule has 0 fully saturated rings. The average Bonchev–Trinajstić information content (AvgIpc) is 2.25. The summed E-state index contributed by atoms with van der Waals surface area (Å²) in [5.41, 5.74) is 5.96. The zero-order chi connectivity index (χ0) is 13.9. The number of anilines is 1. The molecular formula is C12H17FN2O2S. The van der Waals surface area contributed by atoms with Crippen LogP contribution in [-0.4, -0.2) is 15.0 Å². The molecule has 100 valence electrons. The Morgan fingerprint density at radius 3 is 2.67 bits per heavy atom. The zero-order valence-corrected chi connectivity index (χ0v) is 11.3. The molecule has 3 N–H and O–H groups in total. The largest absolute Gasteiger partial charge is 0.396 e. The maximum absolute atomic E-state index is 13.4. The van der Waals surface area contributed by atoms with Gasteiger partial charge >= 0.3 is 0 Å². The van der Waals surface area contributed by atoms with Gasteiger partial charge in [-0.3, -0.25) is 0 Å². The molecule has 0 bridgehead atoms. The lowest BCUT2D eigenvalue weighted by atomic mass is 10.1. The number of hydrogen-bond donors (Lipinski definition) is 2. The Bertz CT molecular complexity index is 568. The van der Waals surface area contributed by atoms with Crippen LogP contribution in [0.1, 0.15) is 17.5 Å². The third-order valence-electron chi connectivity index (χ3n) is 2.61. The van der Waals surface area contributed by atoms with Gasteiger partial charge < -0.3 is 5.73 Å². The van der Waals surface area contributed by atoms with Gasteiger partial charge in [0, 0.05) is 6.54 Å². The number of sulfonamides is 1. The first kappa shape index (κ1) is 14.7.